The molecule has 2 N–H and O–H groups in total. The van der Waals surface area contributed by atoms with Crippen LogP contribution in [0.5, 0.6) is 5.75 Å². The van der Waals surface area contributed by atoms with Gasteiger partial charge in [-0.05, 0) is 40.9 Å². The van der Waals surface area contributed by atoms with Crippen LogP contribution in [0.2, 0.25) is 0 Å². The van der Waals surface area contributed by atoms with Crippen LogP contribution in [0, 0.1) is 0 Å². The van der Waals surface area contributed by atoms with Gasteiger partial charge in [-0.2, -0.15) is 0 Å². The summed E-state index contributed by atoms with van der Waals surface area (Å²) in [5.41, 5.74) is 0.982. The molecule has 0 saturated heterocycles. The van der Waals surface area contributed by atoms with E-state index in [-0.39, 0.29) is 12.1 Å². The molecule has 1 aliphatic carbocycles. The second-order valence-corrected chi connectivity index (χ2v) is 5.30. The van der Waals surface area contributed by atoms with Crippen molar-refractivity contribution in [2.24, 2.45) is 0 Å². The fourth-order valence-electron chi connectivity index (χ4n) is 2.22. The number of aliphatic hydroxyl groups is 1. The first kappa shape index (κ1) is 12.7. The molecule has 1 aliphatic rings. The summed E-state index contributed by atoms with van der Waals surface area (Å²) < 4.78 is 6.20. The highest BCUT2D eigenvalue weighted by molar-refractivity contribution is 9.10. The van der Waals surface area contributed by atoms with Gasteiger partial charge in [-0.15, -0.1) is 0 Å². The number of nitrogens with one attached hydrogen (secondary N) is 1. The number of hydrogen-bond donors (Lipinski definition) is 2. The first-order chi connectivity index (χ1) is 8.20. The van der Waals surface area contributed by atoms with Gasteiger partial charge in [-0.25, -0.2) is 0 Å². The van der Waals surface area contributed by atoms with Crippen molar-refractivity contribution in [2.45, 2.75) is 37.8 Å². The molecular formula is C13H18BrNO2. The van der Waals surface area contributed by atoms with E-state index in [1.165, 1.54) is 6.42 Å². The molecule has 1 aromatic carbocycles. The maximum atomic E-state index is 9.94. The van der Waals surface area contributed by atoms with Crippen LogP contribution in [0.1, 0.15) is 25.7 Å². The number of aliphatic hydroxyl groups excluding tert-OH is 1. The van der Waals surface area contributed by atoms with Gasteiger partial charge >= 0.3 is 0 Å². The molecule has 0 radical (unpaired) electrons. The maximum absolute atomic E-state index is 9.94. The lowest BCUT2D eigenvalue weighted by Crippen LogP contribution is -2.36. The average molecular weight is 300 g/mol. The summed E-state index contributed by atoms with van der Waals surface area (Å²) in [6.07, 6.45) is 3.96. The van der Waals surface area contributed by atoms with Gasteiger partial charge in [0.05, 0.1) is 24.9 Å². The van der Waals surface area contributed by atoms with Crippen molar-refractivity contribution in [1.29, 1.82) is 0 Å². The monoisotopic (exact) mass is 299 g/mol. The van der Waals surface area contributed by atoms with Gasteiger partial charge in [0.2, 0.25) is 0 Å². The highest BCUT2D eigenvalue weighted by Crippen LogP contribution is 2.30. The Morgan fingerprint density at radius 2 is 2.12 bits per heavy atom. The maximum Gasteiger partial charge on any atom is 0.121 e. The van der Waals surface area contributed by atoms with E-state index < -0.39 is 0 Å². The molecule has 2 rings (SSSR count). The lowest BCUT2D eigenvalue weighted by atomic mass is 9.92. The van der Waals surface area contributed by atoms with Crippen molar-refractivity contribution >= 4 is 21.6 Å². The van der Waals surface area contributed by atoms with Crippen LogP contribution in [-0.4, -0.2) is 24.4 Å². The van der Waals surface area contributed by atoms with Gasteiger partial charge in [-0.1, -0.05) is 12.8 Å². The Hall–Kier alpha value is -0.740. The largest absolute Gasteiger partial charge is 0.497 e. The van der Waals surface area contributed by atoms with E-state index >= 15 is 0 Å². The number of halogens is 1. The van der Waals surface area contributed by atoms with E-state index in [4.69, 9.17) is 4.74 Å². The van der Waals surface area contributed by atoms with Crippen molar-refractivity contribution in [2.75, 3.05) is 12.4 Å². The standard InChI is InChI=1S/C13H18BrNO2/c1-17-9-6-7-10(14)12(8-9)15-11-4-2-3-5-13(11)16/h6-8,11,13,15-16H,2-5H2,1H3/t11-,13-/m0/s1. The van der Waals surface area contributed by atoms with Crippen LogP contribution in [0.3, 0.4) is 0 Å². The van der Waals surface area contributed by atoms with Gasteiger partial charge in [0.15, 0.2) is 0 Å². The smallest absolute Gasteiger partial charge is 0.121 e. The number of benzene rings is 1. The third-order valence-corrected chi connectivity index (χ3v) is 3.94. The molecule has 0 bridgehead atoms. The lowest BCUT2D eigenvalue weighted by Gasteiger charge is -2.29. The molecule has 0 heterocycles. The van der Waals surface area contributed by atoms with Crippen molar-refractivity contribution in [3.05, 3.63) is 22.7 Å². The average Bonchev–Trinajstić information content (AvgIpc) is 2.35. The summed E-state index contributed by atoms with van der Waals surface area (Å²) in [7, 11) is 1.66. The minimum Gasteiger partial charge on any atom is -0.497 e. The van der Waals surface area contributed by atoms with E-state index in [9.17, 15) is 5.11 Å². The third-order valence-electron chi connectivity index (χ3n) is 3.24. The summed E-state index contributed by atoms with van der Waals surface area (Å²) in [5, 5.41) is 13.3. The molecule has 0 amide bonds. The fraction of sp³-hybridized carbons (Fsp3) is 0.538. The Bertz CT molecular complexity index is 384. The quantitative estimate of drug-likeness (QED) is 0.901. The Morgan fingerprint density at radius 1 is 1.35 bits per heavy atom. The van der Waals surface area contributed by atoms with Crippen LogP contribution in [0.25, 0.3) is 0 Å². The summed E-state index contributed by atoms with van der Waals surface area (Å²) in [5.74, 6) is 0.820. The van der Waals surface area contributed by atoms with Gasteiger partial charge in [0, 0.05) is 10.5 Å². The highest BCUT2D eigenvalue weighted by Gasteiger charge is 2.23. The minimum atomic E-state index is -0.248. The molecule has 17 heavy (non-hydrogen) atoms. The van der Waals surface area contributed by atoms with Crippen molar-refractivity contribution in [1.82, 2.24) is 0 Å². The normalized spacial score (nSPS) is 24.4. The zero-order chi connectivity index (χ0) is 12.3. The number of ether oxygens (including phenoxy) is 1. The van der Waals surface area contributed by atoms with Crippen LogP contribution >= 0.6 is 15.9 Å². The molecule has 0 aliphatic heterocycles. The Kier molecular flexibility index (Phi) is 4.29. The molecule has 0 aromatic heterocycles. The van der Waals surface area contributed by atoms with Gasteiger partial charge in [-0.3, -0.25) is 0 Å². The van der Waals surface area contributed by atoms with Crippen LogP contribution in [-0.2, 0) is 0 Å². The lowest BCUT2D eigenvalue weighted by molar-refractivity contribution is 0.116. The van der Waals surface area contributed by atoms with Gasteiger partial charge < -0.3 is 15.2 Å². The van der Waals surface area contributed by atoms with E-state index in [2.05, 4.69) is 21.2 Å². The predicted molar refractivity (Wildman–Crippen MR) is 72.6 cm³/mol. The number of rotatable bonds is 3. The third kappa shape index (κ3) is 3.13. The minimum absolute atomic E-state index is 0.146. The summed E-state index contributed by atoms with van der Waals surface area (Å²) >= 11 is 3.51. The van der Waals surface area contributed by atoms with Crippen LogP contribution in [0.15, 0.2) is 22.7 Å². The fourth-order valence-corrected chi connectivity index (χ4v) is 2.58. The summed E-state index contributed by atoms with van der Waals surface area (Å²) in [4.78, 5) is 0. The van der Waals surface area contributed by atoms with Gasteiger partial charge in [0.1, 0.15) is 5.75 Å². The summed E-state index contributed by atoms with van der Waals surface area (Å²) in [6.45, 7) is 0. The predicted octanol–water partition coefficient (Wildman–Crippen LogP) is 3.17. The Balaban J connectivity index is 2.11. The molecular weight excluding hydrogens is 282 g/mol. The number of methoxy groups -OCH3 is 1. The van der Waals surface area contributed by atoms with E-state index in [0.717, 1.165) is 35.2 Å². The topological polar surface area (TPSA) is 41.5 Å². The second kappa shape index (κ2) is 5.74. The second-order valence-electron chi connectivity index (χ2n) is 4.45. The molecule has 94 valence electrons. The van der Waals surface area contributed by atoms with Crippen molar-refractivity contribution in [3.8, 4) is 5.75 Å². The zero-order valence-corrected chi connectivity index (χ0v) is 11.5. The molecule has 0 unspecified atom stereocenters. The molecule has 1 saturated carbocycles. The first-order valence-electron chi connectivity index (χ1n) is 5.99. The van der Waals surface area contributed by atoms with Crippen LogP contribution < -0.4 is 10.1 Å². The molecule has 1 fully saturated rings. The molecule has 0 spiro atoms. The first-order valence-corrected chi connectivity index (χ1v) is 6.78. The van der Waals surface area contributed by atoms with E-state index in [0.29, 0.717) is 0 Å². The Morgan fingerprint density at radius 3 is 2.82 bits per heavy atom. The van der Waals surface area contributed by atoms with E-state index in [1.807, 2.05) is 18.2 Å². The van der Waals surface area contributed by atoms with Crippen molar-refractivity contribution in [3.63, 3.8) is 0 Å². The van der Waals surface area contributed by atoms with Gasteiger partial charge in [0.25, 0.3) is 0 Å². The SMILES string of the molecule is COc1ccc(Br)c(N[C@H]2CCCC[C@@H]2O)c1. The van der Waals surface area contributed by atoms with Crippen LogP contribution in [0.4, 0.5) is 5.69 Å². The zero-order valence-electron chi connectivity index (χ0n) is 9.95. The molecule has 4 heteroatoms. The summed E-state index contributed by atoms with van der Waals surface area (Å²) in [6, 6.07) is 5.96. The van der Waals surface area contributed by atoms with Crippen molar-refractivity contribution < 1.29 is 9.84 Å². The highest BCUT2D eigenvalue weighted by atomic mass is 79.9. The number of hydrogen-bond acceptors (Lipinski definition) is 3. The molecule has 1 aromatic rings. The van der Waals surface area contributed by atoms with E-state index in [1.54, 1.807) is 7.11 Å². The number of anilines is 1. The molecule has 3 nitrogen and oxygen atoms in total. The molecule has 2 atom stereocenters. The Labute approximate surface area is 110 Å².